The zero-order chi connectivity index (χ0) is 24.1. The maximum Gasteiger partial charge on any atom is 0.253 e. The van der Waals surface area contributed by atoms with E-state index in [1.807, 2.05) is 24.3 Å². The predicted octanol–water partition coefficient (Wildman–Crippen LogP) is 6.32. The molecule has 0 radical (unpaired) electrons. The van der Waals surface area contributed by atoms with Crippen molar-refractivity contribution in [2.75, 3.05) is 26.2 Å². The summed E-state index contributed by atoms with van der Waals surface area (Å²) >= 11 is 0. The zero-order valence-electron chi connectivity index (χ0n) is 21.1. The highest BCUT2D eigenvalue weighted by Crippen LogP contribution is 2.34. The minimum Gasteiger partial charge on any atom is -0.338 e. The molecule has 1 amide bonds. The molecular weight excluding hydrogens is 416 g/mol. The van der Waals surface area contributed by atoms with Gasteiger partial charge in [-0.15, -0.1) is 0 Å². The van der Waals surface area contributed by atoms with Gasteiger partial charge in [-0.1, -0.05) is 91.7 Å². The molecule has 1 heterocycles. The predicted molar refractivity (Wildman–Crippen MR) is 141 cm³/mol. The summed E-state index contributed by atoms with van der Waals surface area (Å²) in [5.74, 6) is 1.40. The Morgan fingerprint density at radius 3 is 2.32 bits per heavy atom. The molecule has 3 aromatic rings. The van der Waals surface area contributed by atoms with Crippen molar-refractivity contribution in [3.8, 4) is 0 Å². The maximum atomic E-state index is 13.5. The Kier molecular flexibility index (Phi) is 7.84. The first kappa shape index (κ1) is 24.2. The van der Waals surface area contributed by atoms with Gasteiger partial charge in [-0.3, -0.25) is 9.69 Å². The van der Waals surface area contributed by atoms with Crippen molar-refractivity contribution in [1.29, 1.82) is 0 Å². The number of rotatable bonds is 8. The lowest BCUT2D eigenvalue weighted by molar-refractivity contribution is 0.0703. The van der Waals surface area contributed by atoms with Gasteiger partial charge in [0.15, 0.2) is 0 Å². The molecular formula is C31H38N2O. The fraction of sp³-hybridized carbons (Fsp3) is 0.387. The summed E-state index contributed by atoms with van der Waals surface area (Å²) in [4.78, 5) is 18.2. The van der Waals surface area contributed by atoms with Crippen LogP contribution in [-0.2, 0) is 6.54 Å². The number of amides is 1. The maximum absolute atomic E-state index is 13.5. The van der Waals surface area contributed by atoms with Gasteiger partial charge in [0, 0.05) is 44.2 Å². The first-order valence-electron chi connectivity index (χ1n) is 12.6. The van der Waals surface area contributed by atoms with Gasteiger partial charge in [0.2, 0.25) is 0 Å². The van der Waals surface area contributed by atoms with Gasteiger partial charge in [0.1, 0.15) is 0 Å². The van der Waals surface area contributed by atoms with Crippen LogP contribution in [0, 0.1) is 25.7 Å². The molecule has 0 unspecified atom stereocenters. The fourth-order valence-electron chi connectivity index (χ4n) is 5.26. The molecule has 2 atom stereocenters. The highest BCUT2D eigenvalue weighted by Gasteiger charge is 2.36. The fourth-order valence-corrected chi connectivity index (χ4v) is 5.26. The molecule has 3 nitrogen and oxygen atoms in total. The molecule has 0 aromatic heterocycles. The van der Waals surface area contributed by atoms with Crippen LogP contribution < -0.4 is 0 Å². The lowest BCUT2D eigenvalue weighted by Crippen LogP contribution is -2.39. The molecule has 1 saturated heterocycles. The minimum atomic E-state index is 0.151. The van der Waals surface area contributed by atoms with Crippen LogP contribution in [0.2, 0.25) is 0 Å². The van der Waals surface area contributed by atoms with E-state index in [-0.39, 0.29) is 5.91 Å². The van der Waals surface area contributed by atoms with Crippen LogP contribution in [-0.4, -0.2) is 41.9 Å². The SMILES string of the molecule is Cc1ccc(C(=O)N(CC(C)C)C[C@H]2CN(Cc3cccc(C)c3)C[C@@H]2c2ccccc2)cc1. The summed E-state index contributed by atoms with van der Waals surface area (Å²) in [6.45, 7) is 13.2. The van der Waals surface area contributed by atoms with E-state index in [0.717, 1.165) is 38.3 Å². The first-order valence-corrected chi connectivity index (χ1v) is 12.6. The smallest absolute Gasteiger partial charge is 0.253 e. The average molecular weight is 455 g/mol. The number of hydrogen-bond donors (Lipinski definition) is 0. The number of carbonyl (C=O) groups excluding carboxylic acids is 1. The summed E-state index contributed by atoms with van der Waals surface area (Å²) in [7, 11) is 0. The summed E-state index contributed by atoms with van der Waals surface area (Å²) in [5, 5.41) is 0. The standard InChI is InChI=1S/C31H38N2O/c1-23(2)18-33(31(34)28-15-13-24(3)14-16-28)21-29-20-32(19-26-10-8-9-25(4)17-26)22-30(29)27-11-6-5-7-12-27/h5-17,23,29-30H,18-22H2,1-4H3/t29-,30-/m1/s1. The molecule has 0 saturated carbocycles. The van der Waals surface area contributed by atoms with Crippen molar-refractivity contribution in [1.82, 2.24) is 9.80 Å². The molecule has 3 heteroatoms. The highest BCUT2D eigenvalue weighted by atomic mass is 16.2. The normalized spacial score (nSPS) is 18.4. The Morgan fingerprint density at radius 2 is 1.65 bits per heavy atom. The third-order valence-corrected chi connectivity index (χ3v) is 6.86. The Morgan fingerprint density at radius 1 is 0.912 bits per heavy atom. The van der Waals surface area contributed by atoms with E-state index < -0.39 is 0 Å². The van der Waals surface area contributed by atoms with Crippen LogP contribution in [0.3, 0.4) is 0 Å². The van der Waals surface area contributed by atoms with E-state index in [1.54, 1.807) is 0 Å². The van der Waals surface area contributed by atoms with Crippen LogP contribution >= 0.6 is 0 Å². The van der Waals surface area contributed by atoms with E-state index in [9.17, 15) is 4.79 Å². The Balaban J connectivity index is 1.56. The number of carbonyl (C=O) groups is 1. The molecule has 1 aliphatic heterocycles. The molecule has 1 aliphatic rings. The molecule has 4 rings (SSSR count). The third kappa shape index (κ3) is 6.15. The van der Waals surface area contributed by atoms with Gasteiger partial charge < -0.3 is 4.90 Å². The van der Waals surface area contributed by atoms with Crippen molar-refractivity contribution in [2.45, 2.75) is 40.2 Å². The van der Waals surface area contributed by atoms with Crippen LogP contribution in [0.15, 0.2) is 78.9 Å². The molecule has 0 bridgehead atoms. The van der Waals surface area contributed by atoms with Crippen LogP contribution in [0.4, 0.5) is 0 Å². The second kappa shape index (κ2) is 11.0. The third-order valence-electron chi connectivity index (χ3n) is 6.86. The van der Waals surface area contributed by atoms with Gasteiger partial charge in [0.05, 0.1) is 0 Å². The van der Waals surface area contributed by atoms with E-state index in [0.29, 0.717) is 17.8 Å². The Labute approximate surface area is 205 Å². The number of nitrogens with zero attached hydrogens (tertiary/aromatic N) is 2. The molecule has 34 heavy (non-hydrogen) atoms. The van der Waals surface area contributed by atoms with E-state index in [4.69, 9.17) is 0 Å². The monoisotopic (exact) mass is 454 g/mol. The Bertz CT molecular complexity index is 1070. The second-order valence-electron chi connectivity index (χ2n) is 10.4. The van der Waals surface area contributed by atoms with Crippen molar-refractivity contribution in [3.63, 3.8) is 0 Å². The summed E-state index contributed by atoms with van der Waals surface area (Å²) in [6.07, 6.45) is 0. The first-order chi connectivity index (χ1) is 16.4. The Hall–Kier alpha value is -2.91. The zero-order valence-corrected chi connectivity index (χ0v) is 21.1. The summed E-state index contributed by atoms with van der Waals surface area (Å²) < 4.78 is 0. The van der Waals surface area contributed by atoms with Crippen LogP contribution in [0.25, 0.3) is 0 Å². The molecule has 178 valence electrons. The number of hydrogen-bond acceptors (Lipinski definition) is 2. The second-order valence-corrected chi connectivity index (χ2v) is 10.4. The van der Waals surface area contributed by atoms with Gasteiger partial charge in [-0.05, 0) is 48.9 Å². The quantitative estimate of drug-likeness (QED) is 0.398. The van der Waals surface area contributed by atoms with Gasteiger partial charge in [0.25, 0.3) is 5.91 Å². The lowest BCUT2D eigenvalue weighted by atomic mass is 9.88. The molecule has 0 N–H and O–H groups in total. The van der Waals surface area contributed by atoms with Crippen LogP contribution in [0.1, 0.15) is 52.4 Å². The van der Waals surface area contributed by atoms with Gasteiger partial charge >= 0.3 is 0 Å². The summed E-state index contributed by atoms with van der Waals surface area (Å²) in [6, 6.07) is 27.7. The highest BCUT2D eigenvalue weighted by molar-refractivity contribution is 5.94. The molecule has 3 aromatic carbocycles. The van der Waals surface area contributed by atoms with E-state index in [2.05, 4.69) is 92.1 Å². The van der Waals surface area contributed by atoms with Crippen molar-refractivity contribution in [2.24, 2.45) is 11.8 Å². The average Bonchev–Trinajstić information content (AvgIpc) is 3.21. The van der Waals surface area contributed by atoms with Crippen molar-refractivity contribution in [3.05, 3.63) is 107 Å². The summed E-state index contributed by atoms with van der Waals surface area (Å²) in [5.41, 5.74) is 6.02. The largest absolute Gasteiger partial charge is 0.338 e. The molecule has 0 aliphatic carbocycles. The lowest BCUT2D eigenvalue weighted by Gasteiger charge is -2.30. The number of likely N-dealkylation sites (tertiary alicyclic amines) is 1. The van der Waals surface area contributed by atoms with E-state index in [1.165, 1.54) is 22.3 Å². The van der Waals surface area contributed by atoms with Gasteiger partial charge in [-0.25, -0.2) is 0 Å². The van der Waals surface area contributed by atoms with Crippen molar-refractivity contribution < 1.29 is 4.79 Å². The minimum absolute atomic E-state index is 0.151. The molecule has 0 spiro atoms. The topological polar surface area (TPSA) is 23.6 Å². The van der Waals surface area contributed by atoms with E-state index >= 15 is 0 Å². The number of aryl methyl sites for hydroxylation is 2. The van der Waals surface area contributed by atoms with Crippen molar-refractivity contribution >= 4 is 5.91 Å². The van der Waals surface area contributed by atoms with Gasteiger partial charge in [-0.2, -0.15) is 0 Å². The van der Waals surface area contributed by atoms with Crippen LogP contribution in [0.5, 0.6) is 0 Å². The molecule has 1 fully saturated rings. The number of benzene rings is 3.